The molecule has 16 heavy (non-hydrogen) atoms. The minimum absolute atomic E-state index is 0.847. The van der Waals surface area contributed by atoms with E-state index >= 15 is 0 Å². The van der Waals surface area contributed by atoms with E-state index in [9.17, 15) is 0 Å². The Morgan fingerprint density at radius 3 is 2.12 bits per heavy atom. The molecule has 0 saturated heterocycles. The second-order valence-electron chi connectivity index (χ2n) is 4.14. The van der Waals surface area contributed by atoms with Gasteiger partial charge < -0.3 is 4.74 Å². The first kappa shape index (κ1) is 13.1. The van der Waals surface area contributed by atoms with E-state index in [1.807, 2.05) is 30.3 Å². The van der Waals surface area contributed by atoms with Crippen LogP contribution in [0.4, 0.5) is 0 Å². The Labute approximate surface area is 99.8 Å². The fraction of sp³-hybridized carbons (Fsp3) is 0.533. The Morgan fingerprint density at radius 2 is 1.44 bits per heavy atom. The van der Waals surface area contributed by atoms with Gasteiger partial charge in [-0.15, -0.1) is 0 Å². The lowest BCUT2D eigenvalue weighted by atomic mass is 10.1. The molecule has 0 aliphatic heterocycles. The van der Waals surface area contributed by atoms with Crippen molar-refractivity contribution in [2.45, 2.75) is 44.9 Å². The second kappa shape index (κ2) is 9.26. The van der Waals surface area contributed by atoms with E-state index in [-0.39, 0.29) is 0 Å². The van der Waals surface area contributed by atoms with E-state index in [0.717, 1.165) is 18.8 Å². The average molecular weight is 219 g/mol. The summed E-state index contributed by atoms with van der Waals surface area (Å²) in [7, 11) is 0. The molecule has 0 aliphatic rings. The fourth-order valence-corrected chi connectivity index (χ4v) is 1.69. The van der Waals surface area contributed by atoms with Crippen LogP contribution in [0.25, 0.3) is 0 Å². The number of para-hydroxylation sites is 1. The zero-order valence-electron chi connectivity index (χ0n) is 10.2. The molecule has 0 aliphatic carbocycles. The molecule has 1 aromatic carbocycles. The van der Waals surface area contributed by atoms with Crippen molar-refractivity contribution < 1.29 is 4.74 Å². The first-order valence-electron chi connectivity index (χ1n) is 6.40. The Kier molecular flexibility index (Phi) is 7.57. The molecular formula is C15H23O. The van der Waals surface area contributed by atoms with Gasteiger partial charge in [-0.25, -0.2) is 0 Å². The van der Waals surface area contributed by atoms with Gasteiger partial charge in [0, 0.05) is 0 Å². The smallest absolute Gasteiger partial charge is 0.119 e. The molecule has 1 nitrogen and oxygen atoms in total. The van der Waals surface area contributed by atoms with Gasteiger partial charge in [-0.3, -0.25) is 0 Å². The first-order valence-corrected chi connectivity index (χ1v) is 6.40. The van der Waals surface area contributed by atoms with Crippen molar-refractivity contribution in [3.63, 3.8) is 0 Å². The normalized spacial score (nSPS) is 10.3. The van der Waals surface area contributed by atoms with E-state index in [2.05, 4.69) is 6.92 Å². The fourth-order valence-electron chi connectivity index (χ4n) is 1.69. The summed E-state index contributed by atoms with van der Waals surface area (Å²) in [6.45, 7) is 4.69. The van der Waals surface area contributed by atoms with Crippen LogP contribution in [-0.4, -0.2) is 6.61 Å². The van der Waals surface area contributed by atoms with Crippen LogP contribution in [0.15, 0.2) is 30.3 Å². The summed E-state index contributed by atoms with van der Waals surface area (Å²) in [4.78, 5) is 0. The van der Waals surface area contributed by atoms with Crippen molar-refractivity contribution in [2.24, 2.45) is 0 Å². The minimum atomic E-state index is 0.847. The van der Waals surface area contributed by atoms with Crippen molar-refractivity contribution in [2.75, 3.05) is 6.61 Å². The van der Waals surface area contributed by atoms with Gasteiger partial charge in [0.05, 0.1) is 6.61 Å². The molecule has 1 aromatic rings. The molecule has 0 fully saturated rings. The van der Waals surface area contributed by atoms with Gasteiger partial charge in [-0.2, -0.15) is 0 Å². The quantitative estimate of drug-likeness (QED) is 0.550. The zero-order chi connectivity index (χ0) is 11.5. The highest BCUT2D eigenvalue weighted by Gasteiger charge is 1.93. The van der Waals surface area contributed by atoms with Gasteiger partial charge in [-0.05, 0) is 18.6 Å². The summed E-state index contributed by atoms with van der Waals surface area (Å²) >= 11 is 0. The summed E-state index contributed by atoms with van der Waals surface area (Å²) in [6, 6.07) is 10.0. The summed E-state index contributed by atoms with van der Waals surface area (Å²) in [5, 5.41) is 0. The Balaban J connectivity index is 1.89. The van der Waals surface area contributed by atoms with E-state index in [1.54, 1.807) is 0 Å². The maximum Gasteiger partial charge on any atom is 0.119 e. The van der Waals surface area contributed by atoms with Gasteiger partial charge in [0.2, 0.25) is 0 Å². The van der Waals surface area contributed by atoms with Gasteiger partial charge in [0.15, 0.2) is 0 Å². The lowest BCUT2D eigenvalue weighted by molar-refractivity contribution is 0.304. The molecular weight excluding hydrogens is 196 g/mol. The highest BCUT2D eigenvalue weighted by atomic mass is 16.5. The van der Waals surface area contributed by atoms with Crippen LogP contribution in [0.2, 0.25) is 0 Å². The monoisotopic (exact) mass is 219 g/mol. The third-order valence-electron chi connectivity index (χ3n) is 2.66. The number of benzene rings is 1. The average Bonchev–Trinajstić information content (AvgIpc) is 2.34. The maximum atomic E-state index is 5.62. The molecule has 1 rings (SSSR count). The van der Waals surface area contributed by atoms with E-state index in [1.165, 1.54) is 38.5 Å². The molecule has 0 aromatic heterocycles. The van der Waals surface area contributed by atoms with Gasteiger partial charge in [0.1, 0.15) is 5.75 Å². The minimum Gasteiger partial charge on any atom is -0.494 e. The summed E-state index contributed by atoms with van der Waals surface area (Å²) < 4.78 is 5.62. The molecule has 0 amide bonds. The van der Waals surface area contributed by atoms with Gasteiger partial charge in [-0.1, -0.05) is 63.6 Å². The van der Waals surface area contributed by atoms with Crippen molar-refractivity contribution >= 4 is 0 Å². The van der Waals surface area contributed by atoms with Gasteiger partial charge in [0.25, 0.3) is 0 Å². The zero-order valence-corrected chi connectivity index (χ0v) is 10.2. The molecule has 89 valence electrons. The van der Waals surface area contributed by atoms with Crippen LogP contribution in [-0.2, 0) is 0 Å². The predicted octanol–water partition coefficient (Wildman–Crippen LogP) is 4.63. The molecule has 0 heterocycles. The van der Waals surface area contributed by atoms with Crippen LogP contribution in [0.1, 0.15) is 44.9 Å². The number of unbranched alkanes of at least 4 members (excludes halogenated alkanes) is 6. The molecule has 0 atom stereocenters. The first-order chi connectivity index (χ1) is 7.93. The highest BCUT2D eigenvalue weighted by Crippen LogP contribution is 2.10. The molecule has 0 saturated carbocycles. The standard InChI is InChI=1S/C15H23O/c1-2-3-4-5-6-7-11-14-16-15-12-9-8-10-13-15/h8-10,12-13H,1-7,11,14H2. The van der Waals surface area contributed by atoms with Crippen LogP contribution < -0.4 is 4.74 Å². The predicted molar refractivity (Wildman–Crippen MR) is 69.6 cm³/mol. The molecule has 1 heteroatoms. The molecule has 0 spiro atoms. The topological polar surface area (TPSA) is 9.23 Å². The Bertz CT molecular complexity index is 243. The number of hydrogen-bond acceptors (Lipinski definition) is 1. The Hall–Kier alpha value is -0.980. The lowest BCUT2D eigenvalue weighted by Gasteiger charge is -2.05. The second-order valence-corrected chi connectivity index (χ2v) is 4.14. The molecule has 1 radical (unpaired) electrons. The SMILES string of the molecule is [CH2]CCCCCCCCOc1ccccc1. The van der Waals surface area contributed by atoms with Crippen LogP contribution in [0, 0.1) is 6.92 Å². The third kappa shape index (κ3) is 6.49. The Morgan fingerprint density at radius 1 is 0.812 bits per heavy atom. The third-order valence-corrected chi connectivity index (χ3v) is 2.66. The summed E-state index contributed by atoms with van der Waals surface area (Å²) in [5.74, 6) is 0.986. The van der Waals surface area contributed by atoms with Crippen molar-refractivity contribution in [1.82, 2.24) is 0 Å². The maximum absolute atomic E-state index is 5.62. The number of ether oxygens (including phenoxy) is 1. The van der Waals surface area contributed by atoms with E-state index in [4.69, 9.17) is 4.74 Å². The van der Waals surface area contributed by atoms with Crippen LogP contribution in [0.5, 0.6) is 5.75 Å². The number of rotatable bonds is 9. The largest absolute Gasteiger partial charge is 0.494 e. The van der Waals surface area contributed by atoms with Crippen molar-refractivity contribution in [1.29, 1.82) is 0 Å². The van der Waals surface area contributed by atoms with Gasteiger partial charge >= 0.3 is 0 Å². The summed E-state index contributed by atoms with van der Waals surface area (Å²) in [5.41, 5.74) is 0. The van der Waals surface area contributed by atoms with Crippen molar-refractivity contribution in [3.05, 3.63) is 37.3 Å². The summed E-state index contributed by atoms with van der Waals surface area (Å²) in [6.07, 6.45) is 8.82. The lowest BCUT2D eigenvalue weighted by Crippen LogP contribution is -1.96. The van der Waals surface area contributed by atoms with Crippen LogP contribution >= 0.6 is 0 Å². The van der Waals surface area contributed by atoms with Crippen molar-refractivity contribution in [3.8, 4) is 5.75 Å². The molecule has 0 unspecified atom stereocenters. The van der Waals surface area contributed by atoms with Crippen LogP contribution in [0.3, 0.4) is 0 Å². The molecule has 0 N–H and O–H groups in total. The van der Waals surface area contributed by atoms with E-state index < -0.39 is 0 Å². The highest BCUT2D eigenvalue weighted by molar-refractivity contribution is 5.20. The number of hydrogen-bond donors (Lipinski definition) is 0. The molecule has 0 bridgehead atoms. The van der Waals surface area contributed by atoms with E-state index in [0.29, 0.717) is 0 Å².